The smallest absolute Gasteiger partial charge is 0.269 e. The third-order valence-electron chi connectivity index (χ3n) is 2.15. The molecular weight excluding hydrogens is 238 g/mol. The number of rotatable bonds is 9. The van der Waals surface area contributed by atoms with Crippen LogP contribution in [0.1, 0.15) is 12.8 Å². The molecule has 1 aromatic rings. The number of hydrogen-bond acceptors (Lipinski definition) is 5. The molecule has 0 heterocycles. The molecule has 0 aromatic heterocycles. The summed E-state index contributed by atoms with van der Waals surface area (Å²) in [5.74, 6) is 0.567. The van der Waals surface area contributed by atoms with Crippen LogP contribution in [0.15, 0.2) is 24.3 Å². The molecule has 6 heteroatoms. The Kier molecular flexibility index (Phi) is 6.42. The van der Waals surface area contributed by atoms with Crippen molar-refractivity contribution < 1.29 is 19.2 Å². The zero-order valence-electron chi connectivity index (χ0n) is 9.91. The number of nitro benzene ring substituents is 1. The summed E-state index contributed by atoms with van der Waals surface area (Å²) in [7, 11) is 0. The van der Waals surface area contributed by atoms with Crippen LogP contribution in [0.2, 0.25) is 0 Å². The van der Waals surface area contributed by atoms with Gasteiger partial charge in [0.2, 0.25) is 0 Å². The molecule has 0 aliphatic heterocycles. The fourth-order valence-corrected chi connectivity index (χ4v) is 1.25. The van der Waals surface area contributed by atoms with Gasteiger partial charge in [-0.15, -0.1) is 0 Å². The van der Waals surface area contributed by atoms with E-state index in [-0.39, 0.29) is 5.69 Å². The normalized spacial score (nSPS) is 10.0. The fraction of sp³-hybridized carbons (Fsp3) is 0.417. The van der Waals surface area contributed by atoms with Gasteiger partial charge in [-0.2, -0.15) is 0 Å². The Morgan fingerprint density at radius 1 is 1.17 bits per heavy atom. The second kappa shape index (κ2) is 8.19. The minimum atomic E-state index is -0.458. The molecule has 0 saturated carbocycles. The van der Waals surface area contributed by atoms with Crippen molar-refractivity contribution in [2.75, 3.05) is 19.8 Å². The molecule has 0 unspecified atom stereocenters. The molecule has 98 valence electrons. The van der Waals surface area contributed by atoms with Gasteiger partial charge in [-0.05, 0) is 18.6 Å². The first-order chi connectivity index (χ1) is 8.74. The summed E-state index contributed by atoms with van der Waals surface area (Å²) >= 11 is 0. The molecule has 0 saturated heterocycles. The van der Waals surface area contributed by atoms with Gasteiger partial charge in [-0.25, -0.2) is 0 Å². The average molecular weight is 253 g/mol. The average Bonchev–Trinajstić information content (AvgIpc) is 2.38. The molecule has 0 aliphatic carbocycles. The van der Waals surface area contributed by atoms with Crippen LogP contribution in [0, 0.1) is 10.1 Å². The molecule has 0 atom stereocenters. The van der Waals surface area contributed by atoms with Crippen LogP contribution in [-0.2, 0) is 9.53 Å². The quantitative estimate of drug-likeness (QED) is 0.291. The maximum absolute atomic E-state index is 10.4. The number of ether oxygens (including phenoxy) is 2. The molecule has 0 N–H and O–H groups in total. The van der Waals surface area contributed by atoms with Crippen molar-refractivity contribution in [3.8, 4) is 5.75 Å². The number of unbranched alkanes of at least 4 members (excludes halogenated alkanes) is 1. The van der Waals surface area contributed by atoms with Crippen LogP contribution in [0.25, 0.3) is 0 Å². The molecule has 18 heavy (non-hydrogen) atoms. The van der Waals surface area contributed by atoms with Crippen LogP contribution >= 0.6 is 0 Å². The van der Waals surface area contributed by atoms with Crippen LogP contribution in [-0.4, -0.2) is 31.0 Å². The summed E-state index contributed by atoms with van der Waals surface area (Å²) < 4.78 is 10.6. The van der Waals surface area contributed by atoms with Gasteiger partial charge in [0.25, 0.3) is 5.69 Å². The van der Waals surface area contributed by atoms with Crippen molar-refractivity contribution in [1.82, 2.24) is 0 Å². The minimum Gasteiger partial charge on any atom is -0.491 e. The molecule has 1 aromatic carbocycles. The molecule has 6 nitrogen and oxygen atoms in total. The Morgan fingerprint density at radius 2 is 1.89 bits per heavy atom. The predicted octanol–water partition coefficient (Wildman–Crippen LogP) is 1.97. The lowest BCUT2D eigenvalue weighted by molar-refractivity contribution is -0.384. The van der Waals surface area contributed by atoms with Crippen molar-refractivity contribution in [2.45, 2.75) is 12.8 Å². The van der Waals surface area contributed by atoms with Crippen molar-refractivity contribution in [3.05, 3.63) is 34.4 Å². The summed E-state index contributed by atoms with van der Waals surface area (Å²) in [6.07, 6.45) is 2.07. The van der Waals surface area contributed by atoms with E-state index in [1.54, 1.807) is 12.1 Å². The Bertz CT molecular complexity index is 377. The van der Waals surface area contributed by atoms with Gasteiger partial charge in [0.15, 0.2) is 0 Å². The zero-order valence-corrected chi connectivity index (χ0v) is 9.91. The van der Waals surface area contributed by atoms with Crippen molar-refractivity contribution in [2.24, 2.45) is 0 Å². The third kappa shape index (κ3) is 5.40. The standard InChI is InChI=1S/C12H15NO5/c14-7-1-2-8-17-9-10-18-12-5-3-11(4-6-12)13(15)16/h3-7H,1-2,8-10H2. The maximum atomic E-state index is 10.4. The lowest BCUT2D eigenvalue weighted by atomic mass is 10.3. The van der Waals surface area contributed by atoms with Crippen LogP contribution in [0.3, 0.4) is 0 Å². The zero-order chi connectivity index (χ0) is 13.2. The lowest BCUT2D eigenvalue weighted by Gasteiger charge is -2.06. The van der Waals surface area contributed by atoms with Gasteiger partial charge in [0.1, 0.15) is 18.6 Å². The second-order valence-electron chi connectivity index (χ2n) is 3.52. The number of carbonyl (C=O) groups excluding carboxylic acids is 1. The van der Waals surface area contributed by atoms with Crippen molar-refractivity contribution in [3.63, 3.8) is 0 Å². The van der Waals surface area contributed by atoms with Gasteiger partial charge in [-0.3, -0.25) is 10.1 Å². The van der Waals surface area contributed by atoms with Gasteiger partial charge in [0, 0.05) is 25.2 Å². The Morgan fingerprint density at radius 3 is 2.50 bits per heavy atom. The van der Waals surface area contributed by atoms with Crippen LogP contribution < -0.4 is 4.74 Å². The monoisotopic (exact) mass is 253 g/mol. The third-order valence-corrected chi connectivity index (χ3v) is 2.15. The first-order valence-corrected chi connectivity index (χ1v) is 5.62. The number of carbonyl (C=O) groups is 1. The number of nitrogens with zero attached hydrogens (tertiary/aromatic N) is 1. The molecule has 0 amide bonds. The number of nitro groups is 1. The van der Waals surface area contributed by atoms with E-state index in [0.717, 1.165) is 6.29 Å². The SMILES string of the molecule is O=CCCCOCCOc1ccc([N+](=O)[O-])cc1. The number of aldehydes is 1. The van der Waals surface area contributed by atoms with E-state index in [0.29, 0.717) is 38.4 Å². The molecule has 0 radical (unpaired) electrons. The number of benzene rings is 1. The highest BCUT2D eigenvalue weighted by molar-refractivity contribution is 5.48. The first-order valence-electron chi connectivity index (χ1n) is 5.62. The summed E-state index contributed by atoms with van der Waals surface area (Å²) in [4.78, 5) is 20.0. The van der Waals surface area contributed by atoms with E-state index in [2.05, 4.69) is 0 Å². The molecule has 0 bridgehead atoms. The molecule has 0 aliphatic rings. The fourth-order valence-electron chi connectivity index (χ4n) is 1.25. The highest BCUT2D eigenvalue weighted by atomic mass is 16.6. The van der Waals surface area contributed by atoms with Gasteiger partial charge in [-0.1, -0.05) is 0 Å². The molecule has 0 spiro atoms. The summed E-state index contributed by atoms with van der Waals surface area (Å²) in [6.45, 7) is 1.33. The van der Waals surface area contributed by atoms with Crippen molar-refractivity contribution >= 4 is 12.0 Å². The summed E-state index contributed by atoms with van der Waals surface area (Å²) in [5, 5.41) is 10.4. The molecular formula is C12H15NO5. The van der Waals surface area contributed by atoms with E-state index in [9.17, 15) is 14.9 Å². The summed E-state index contributed by atoms with van der Waals surface area (Å²) in [6, 6.07) is 5.87. The highest BCUT2D eigenvalue weighted by Crippen LogP contribution is 2.16. The predicted molar refractivity (Wildman–Crippen MR) is 64.7 cm³/mol. The van der Waals surface area contributed by atoms with Gasteiger partial charge < -0.3 is 14.3 Å². The lowest BCUT2D eigenvalue weighted by Crippen LogP contribution is -2.07. The van der Waals surface area contributed by atoms with E-state index < -0.39 is 4.92 Å². The van der Waals surface area contributed by atoms with Crippen LogP contribution in [0.5, 0.6) is 5.75 Å². The highest BCUT2D eigenvalue weighted by Gasteiger charge is 2.03. The molecule has 1 rings (SSSR count). The maximum Gasteiger partial charge on any atom is 0.269 e. The van der Waals surface area contributed by atoms with Crippen LogP contribution in [0.4, 0.5) is 5.69 Å². The van der Waals surface area contributed by atoms with E-state index in [4.69, 9.17) is 9.47 Å². The van der Waals surface area contributed by atoms with E-state index >= 15 is 0 Å². The first kappa shape index (κ1) is 14.1. The Labute approximate surface area is 105 Å². The number of hydrogen-bond donors (Lipinski definition) is 0. The van der Waals surface area contributed by atoms with Gasteiger partial charge >= 0.3 is 0 Å². The minimum absolute atomic E-state index is 0.0347. The topological polar surface area (TPSA) is 78.7 Å². The van der Waals surface area contributed by atoms with E-state index in [1.165, 1.54) is 12.1 Å². The van der Waals surface area contributed by atoms with E-state index in [1.807, 2.05) is 0 Å². The number of non-ortho nitro benzene ring substituents is 1. The van der Waals surface area contributed by atoms with Gasteiger partial charge in [0.05, 0.1) is 11.5 Å². The summed E-state index contributed by atoms with van der Waals surface area (Å²) in [5.41, 5.74) is 0.0347. The Balaban J connectivity index is 2.15. The molecule has 0 fully saturated rings. The largest absolute Gasteiger partial charge is 0.491 e. The Hall–Kier alpha value is -1.95. The second-order valence-corrected chi connectivity index (χ2v) is 3.52. The van der Waals surface area contributed by atoms with Crippen molar-refractivity contribution in [1.29, 1.82) is 0 Å².